The Morgan fingerprint density at radius 2 is 1.81 bits per heavy atom. The molecule has 2 heterocycles. The predicted molar refractivity (Wildman–Crippen MR) is 145 cm³/mol. The molecule has 2 N–H and O–H groups in total. The van der Waals surface area contributed by atoms with Crippen LogP contribution in [0.5, 0.6) is 0 Å². The Bertz CT molecular complexity index is 856. The van der Waals surface area contributed by atoms with Gasteiger partial charge in [-0.1, -0.05) is 37.6 Å². The van der Waals surface area contributed by atoms with E-state index in [1.807, 2.05) is 23.9 Å². The Labute approximate surface area is 215 Å². The van der Waals surface area contributed by atoms with Gasteiger partial charge in [0.15, 0.2) is 5.96 Å². The van der Waals surface area contributed by atoms with E-state index in [1.54, 1.807) is 0 Å². The van der Waals surface area contributed by atoms with Crippen LogP contribution >= 0.6 is 35.6 Å². The first-order valence-electron chi connectivity index (χ1n) is 11.6. The molecule has 2 aromatic rings. The number of hydrogen-bond donors (Lipinski definition) is 2. The van der Waals surface area contributed by atoms with Gasteiger partial charge in [0.2, 0.25) is 0 Å². The summed E-state index contributed by atoms with van der Waals surface area (Å²) < 4.78 is 2.01. The average molecular weight is 573 g/mol. The lowest BCUT2D eigenvalue weighted by molar-refractivity contribution is 0.198. The van der Waals surface area contributed by atoms with Crippen molar-refractivity contribution >= 4 is 41.5 Å². The van der Waals surface area contributed by atoms with E-state index in [9.17, 15) is 0 Å². The highest BCUT2D eigenvalue weighted by atomic mass is 127. The number of rotatable bonds is 8. The Balaban J connectivity index is 0.00000363. The minimum Gasteiger partial charge on any atom is -0.357 e. The van der Waals surface area contributed by atoms with Gasteiger partial charge in [0.1, 0.15) is 0 Å². The summed E-state index contributed by atoms with van der Waals surface area (Å²) in [4.78, 5) is 7.43. The van der Waals surface area contributed by atoms with Gasteiger partial charge >= 0.3 is 0 Å². The van der Waals surface area contributed by atoms with Crippen molar-refractivity contribution in [1.82, 2.24) is 25.3 Å². The lowest BCUT2D eigenvalue weighted by Crippen LogP contribution is -2.48. The maximum absolute atomic E-state index is 6.00. The van der Waals surface area contributed by atoms with E-state index in [0.29, 0.717) is 12.6 Å². The van der Waals surface area contributed by atoms with E-state index in [2.05, 4.69) is 53.5 Å². The van der Waals surface area contributed by atoms with Gasteiger partial charge in [-0.25, -0.2) is 4.99 Å². The number of aliphatic imine (C=N–C) groups is 1. The highest BCUT2D eigenvalue weighted by Crippen LogP contribution is 2.18. The number of hydrogen-bond acceptors (Lipinski definition) is 3. The molecule has 0 atom stereocenters. The molecule has 0 spiro atoms. The SMILES string of the molecule is CCNC(=NCc1c(CC)nn(C)c1CC)NC1CCN(Cc2ccc(Cl)cc2)CC1.I. The molecular formula is C24H38ClIN6. The van der Waals surface area contributed by atoms with E-state index in [1.165, 1.54) is 16.8 Å². The maximum Gasteiger partial charge on any atom is 0.191 e. The first kappa shape index (κ1) is 26.9. The summed E-state index contributed by atoms with van der Waals surface area (Å²) >= 11 is 6.00. The number of likely N-dealkylation sites (tertiary alicyclic amines) is 1. The standard InChI is InChI=1S/C24H37ClN6.HI/c1-5-22-21(23(6-2)30(4)29-22)16-27-24(26-7-3)28-20-12-14-31(15-13-20)17-18-8-10-19(25)11-9-18;/h8-11,20H,5-7,12-17H2,1-4H3,(H2,26,27,28);1H. The van der Waals surface area contributed by atoms with Crippen molar-refractivity contribution in [2.24, 2.45) is 12.0 Å². The summed E-state index contributed by atoms with van der Waals surface area (Å²) in [6, 6.07) is 8.64. The van der Waals surface area contributed by atoms with Gasteiger partial charge in [-0.3, -0.25) is 9.58 Å². The number of guanidine groups is 1. The smallest absolute Gasteiger partial charge is 0.191 e. The van der Waals surface area contributed by atoms with Gasteiger partial charge < -0.3 is 10.6 Å². The zero-order valence-corrected chi connectivity index (χ0v) is 22.9. The van der Waals surface area contributed by atoms with Gasteiger partial charge in [0, 0.05) is 55.5 Å². The number of halogens is 2. The molecule has 1 aliphatic rings. The summed E-state index contributed by atoms with van der Waals surface area (Å²) in [7, 11) is 2.03. The second kappa shape index (κ2) is 13.4. The van der Waals surface area contributed by atoms with Gasteiger partial charge in [-0.05, 0) is 50.3 Å². The molecule has 3 rings (SSSR count). The monoisotopic (exact) mass is 572 g/mol. The topological polar surface area (TPSA) is 57.5 Å². The minimum absolute atomic E-state index is 0. The molecule has 0 amide bonds. The average Bonchev–Trinajstić information content (AvgIpc) is 3.09. The van der Waals surface area contributed by atoms with Crippen LogP contribution in [0.15, 0.2) is 29.3 Å². The fourth-order valence-corrected chi connectivity index (χ4v) is 4.45. The fraction of sp³-hybridized carbons (Fsp3) is 0.583. The van der Waals surface area contributed by atoms with Crippen LogP contribution in [0.4, 0.5) is 0 Å². The third kappa shape index (κ3) is 7.35. The summed E-state index contributed by atoms with van der Waals surface area (Å²) in [6.45, 7) is 11.1. The molecule has 6 nitrogen and oxygen atoms in total. The normalized spacial score (nSPS) is 15.5. The second-order valence-electron chi connectivity index (χ2n) is 8.22. The van der Waals surface area contributed by atoms with Crippen LogP contribution < -0.4 is 10.6 Å². The lowest BCUT2D eigenvalue weighted by Gasteiger charge is -2.33. The van der Waals surface area contributed by atoms with Crippen molar-refractivity contribution in [2.75, 3.05) is 19.6 Å². The third-order valence-electron chi connectivity index (χ3n) is 6.02. The number of aryl methyl sites for hydroxylation is 2. The number of piperidine rings is 1. The molecule has 8 heteroatoms. The summed E-state index contributed by atoms with van der Waals surface area (Å²) in [5, 5.41) is 12.6. The van der Waals surface area contributed by atoms with Crippen LogP contribution in [0.25, 0.3) is 0 Å². The molecular weight excluding hydrogens is 535 g/mol. The highest BCUT2D eigenvalue weighted by molar-refractivity contribution is 14.0. The summed E-state index contributed by atoms with van der Waals surface area (Å²) in [5.41, 5.74) is 5.05. The van der Waals surface area contributed by atoms with Gasteiger partial charge in [-0.2, -0.15) is 5.10 Å². The number of benzene rings is 1. The van der Waals surface area contributed by atoms with E-state index >= 15 is 0 Å². The third-order valence-corrected chi connectivity index (χ3v) is 6.27. The van der Waals surface area contributed by atoms with Crippen molar-refractivity contribution < 1.29 is 0 Å². The van der Waals surface area contributed by atoms with Crippen LogP contribution in [0, 0.1) is 0 Å². The van der Waals surface area contributed by atoms with Gasteiger partial charge in [0.25, 0.3) is 0 Å². The Hall–Kier alpha value is -1.32. The minimum atomic E-state index is 0. The molecule has 32 heavy (non-hydrogen) atoms. The predicted octanol–water partition coefficient (Wildman–Crippen LogP) is 4.54. The Kier molecular flexibility index (Phi) is 11.3. The zero-order valence-electron chi connectivity index (χ0n) is 19.8. The van der Waals surface area contributed by atoms with Crippen molar-refractivity contribution in [3.8, 4) is 0 Å². The van der Waals surface area contributed by atoms with Gasteiger partial charge in [-0.15, -0.1) is 24.0 Å². The van der Waals surface area contributed by atoms with E-state index in [0.717, 1.165) is 68.5 Å². The van der Waals surface area contributed by atoms with Crippen molar-refractivity contribution in [1.29, 1.82) is 0 Å². The van der Waals surface area contributed by atoms with E-state index in [4.69, 9.17) is 16.6 Å². The molecule has 1 aliphatic heterocycles. The first-order chi connectivity index (χ1) is 15.0. The molecule has 178 valence electrons. The summed E-state index contributed by atoms with van der Waals surface area (Å²) in [5.74, 6) is 0.909. The summed E-state index contributed by atoms with van der Waals surface area (Å²) in [6.07, 6.45) is 4.15. The van der Waals surface area contributed by atoms with E-state index in [-0.39, 0.29) is 24.0 Å². The fourth-order valence-electron chi connectivity index (χ4n) is 4.33. The molecule has 0 saturated carbocycles. The largest absolute Gasteiger partial charge is 0.357 e. The molecule has 0 aliphatic carbocycles. The molecule has 1 aromatic heterocycles. The molecule has 1 fully saturated rings. The van der Waals surface area contributed by atoms with Crippen LogP contribution in [0.1, 0.15) is 56.1 Å². The van der Waals surface area contributed by atoms with Crippen LogP contribution in [0.3, 0.4) is 0 Å². The zero-order chi connectivity index (χ0) is 22.2. The molecule has 0 radical (unpaired) electrons. The van der Waals surface area contributed by atoms with Crippen molar-refractivity contribution in [3.05, 3.63) is 51.8 Å². The van der Waals surface area contributed by atoms with Crippen LogP contribution in [0.2, 0.25) is 5.02 Å². The van der Waals surface area contributed by atoms with Crippen LogP contribution in [-0.2, 0) is 33.0 Å². The quantitative estimate of drug-likeness (QED) is 0.277. The molecule has 1 aromatic carbocycles. The number of aromatic nitrogens is 2. The van der Waals surface area contributed by atoms with Crippen molar-refractivity contribution in [3.63, 3.8) is 0 Å². The highest BCUT2D eigenvalue weighted by Gasteiger charge is 2.20. The molecule has 0 bridgehead atoms. The van der Waals surface area contributed by atoms with Gasteiger partial charge in [0.05, 0.1) is 12.2 Å². The maximum atomic E-state index is 6.00. The lowest BCUT2D eigenvalue weighted by atomic mass is 10.0. The number of nitrogens with zero attached hydrogens (tertiary/aromatic N) is 4. The van der Waals surface area contributed by atoms with E-state index < -0.39 is 0 Å². The Morgan fingerprint density at radius 3 is 2.41 bits per heavy atom. The van der Waals surface area contributed by atoms with Crippen LogP contribution in [-0.4, -0.2) is 46.3 Å². The Morgan fingerprint density at radius 1 is 1.12 bits per heavy atom. The van der Waals surface area contributed by atoms with Crippen molar-refractivity contribution in [2.45, 2.75) is 65.6 Å². The first-order valence-corrected chi connectivity index (χ1v) is 12.0. The molecule has 1 saturated heterocycles. The molecule has 0 unspecified atom stereocenters. The number of nitrogens with one attached hydrogen (secondary N) is 2. The second-order valence-corrected chi connectivity index (χ2v) is 8.66.